The minimum Gasteiger partial charge on any atom is -0.497 e. The number of ether oxygens (including phenoxy) is 2. The summed E-state index contributed by atoms with van der Waals surface area (Å²) in [6, 6.07) is 15.6. The molecule has 2 aromatic heterocycles. The lowest BCUT2D eigenvalue weighted by atomic mass is 10.2. The number of amides is 2. The van der Waals surface area contributed by atoms with Crippen LogP contribution >= 0.6 is 0 Å². The second-order valence-electron chi connectivity index (χ2n) is 7.40. The molecule has 168 valence electrons. The second-order valence-corrected chi connectivity index (χ2v) is 7.40. The first-order chi connectivity index (χ1) is 15.9. The first-order valence-corrected chi connectivity index (χ1v) is 10.3. The van der Waals surface area contributed by atoms with Crippen LogP contribution in [0.4, 0.5) is 16.2 Å². The van der Waals surface area contributed by atoms with Gasteiger partial charge in [0.2, 0.25) is 5.88 Å². The van der Waals surface area contributed by atoms with Crippen LogP contribution in [0.3, 0.4) is 0 Å². The Morgan fingerprint density at radius 3 is 2.27 bits per heavy atom. The Balaban J connectivity index is 1.35. The lowest BCUT2D eigenvalue weighted by Gasteiger charge is -2.11. The number of benzene rings is 2. The predicted molar refractivity (Wildman–Crippen MR) is 126 cm³/mol. The first-order valence-electron chi connectivity index (χ1n) is 10.3. The van der Waals surface area contributed by atoms with Gasteiger partial charge < -0.3 is 20.1 Å². The van der Waals surface area contributed by atoms with Crippen molar-refractivity contribution in [2.24, 2.45) is 0 Å². The second kappa shape index (κ2) is 9.39. The number of imidazole rings is 1. The lowest BCUT2D eigenvalue weighted by Crippen LogP contribution is -2.19. The van der Waals surface area contributed by atoms with Gasteiger partial charge >= 0.3 is 6.03 Å². The molecule has 4 aromatic rings. The fourth-order valence-corrected chi connectivity index (χ4v) is 3.14. The number of methoxy groups -OCH3 is 1. The largest absolute Gasteiger partial charge is 0.497 e. The minimum absolute atomic E-state index is 0.344. The van der Waals surface area contributed by atoms with E-state index in [0.29, 0.717) is 28.8 Å². The number of carbonyl (C=O) groups is 1. The number of carbonyl (C=O) groups excluding carboxylic acids is 1. The van der Waals surface area contributed by atoms with Gasteiger partial charge in [-0.15, -0.1) is 10.2 Å². The minimum atomic E-state index is -0.344. The Morgan fingerprint density at radius 2 is 1.67 bits per heavy atom. The molecule has 0 aliphatic rings. The summed E-state index contributed by atoms with van der Waals surface area (Å²) >= 11 is 0. The van der Waals surface area contributed by atoms with Crippen molar-refractivity contribution in [3.63, 3.8) is 0 Å². The molecule has 0 fully saturated rings. The van der Waals surface area contributed by atoms with E-state index in [-0.39, 0.29) is 6.03 Å². The van der Waals surface area contributed by atoms with Gasteiger partial charge in [0, 0.05) is 23.1 Å². The summed E-state index contributed by atoms with van der Waals surface area (Å²) in [4.78, 5) is 16.6. The summed E-state index contributed by atoms with van der Waals surface area (Å²) in [6.45, 7) is 5.82. The molecule has 0 atom stereocenters. The number of aromatic nitrogens is 4. The van der Waals surface area contributed by atoms with Crippen molar-refractivity contribution in [1.82, 2.24) is 19.7 Å². The molecule has 2 N–H and O–H groups in total. The molecule has 0 saturated heterocycles. The zero-order valence-electron chi connectivity index (χ0n) is 18.8. The zero-order valence-corrected chi connectivity index (χ0v) is 18.8. The van der Waals surface area contributed by atoms with E-state index in [0.717, 1.165) is 22.7 Å². The van der Waals surface area contributed by atoms with Gasteiger partial charge in [0.05, 0.1) is 12.8 Å². The highest BCUT2D eigenvalue weighted by molar-refractivity contribution is 6.00. The Bertz CT molecular complexity index is 1270. The summed E-state index contributed by atoms with van der Waals surface area (Å²) in [7, 11) is 1.60. The van der Waals surface area contributed by atoms with Gasteiger partial charge in [0.1, 0.15) is 17.8 Å². The molecule has 0 aliphatic heterocycles. The van der Waals surface area contributed by atoms with Crippen molar-refractivity contribution >= 4 is 17.4 Å². The van der Waals surface area contributed by atoms with Crippen LogP contribution in [0.2, 0.25) is 0 Å². The van der Waals surface area contributed by atoms with Crippen LogP contribution < -0.4 is 20.1 Å². The molecule has 0 spiro atoms. The van der Waals surface area contributed by atoms with Gasteiger partial charge in [0.25, 0.3) is 0 Å². The number of urea groups is 1. The highest BCUT2D eigenvalue weighted by Gasteiger charge is 2.09. The number of nitrogens with one attached hydrogen (secondary N) is 2. The standard InChI is InChI=1S/C24H24N6O3/c1-15-13-20(32-4)9-10-21(15)27-24(31)26-18-5-7-19(8-6-18)33-23-12-11-22(28-29-23)30-14-25-16(2)17(30)3/h5-14H,1-4H3,(H2,26,27,31). The van der Waals surface area contributed by atoms with Gasteiger partial charge in [-0.1, -0.05) is 0 Å². The Labute approximate surface area is 191 Å². The molecule has 9 heteroatoms. The van der Waals surface area contributed by atoms with Crippen LogP contribution in [0.5, 0.6) is 17.4 Å². The van der Waals surface area contributed by atoms with Crippen molar-refractivity contribution in [1.29, 1.82) is 0 Å². The lowest BCUT2D eigenvalue weighted by molar-refractivity contribution is 0.262. The van der Waals surface area contributed by atoms with Crippen molar-refractivity contribution in [3.05, 3.63) is 77.9 Å². The fourth-order valence-electron chi connectivity index (χ4n) is 3.14. The molecule has 9 nitrogen and oxygen atoms in total. The summed E-state index contributed by atoms with van der Waals surface area (Å²) < 4.78 is 12.8. The van der Waals surface area contributed by atoms with E-state index in [1.807, 2.05) is 37.5 Å². The monoisotopic (exact) mass is 444 g/mol. The molecule has 2 amide bonds. The van der Waals surface area contributed by atoms with E-state index in [9.17, 15) is 4.79 Å². The van der Waals surface area contributed by atoms with E-state index < -0.39 is 0 Å². The maximum absolute atomic E-state index is 12.3. The van der Waals surface area contributed by atoms with Crippen LogP contribution in [0, 0.1) is 20.8 Å². The molecule has 2 heterocycles. The topological polar surface area (TPSA) is 103 Å². The molecular weight excluding hydrogens is 420 g/mol. The average Bonchev–Trinajstić information content (AvgIpc) is 3.15. The van der Waals surface area contributed by atoms with Crippen LogP contribution in [0.15, 0.2) is 60.9 Å². The van der Waals surface area contributed by atoms with E-state index in [4.69, 9.17) is 9.47 Å². The molecule has 0 unspecified atom stereocenters. The summed E-state index contributed by atoms with van der Waals surface area (Å²) in [5.41, 5.74) is 4.18. The van der Waals surface area contributed by atoms with Crippen molar-refractivity contribution in [2.75, 3.05) is 17.7 Å². The molecule has 2 aromatic carbocycles. The van der Waals surface area contributed by atoms with Crippen molar-refractivity contribution in [2.45, 2.75) is 20.8 Å². The molecule has 0 saturated carbocycles. The third-order valence-electron chi connectivity index (χ3n) is 5.14. The number of rotatable bonds is 6. The van der Waals surface area contributed by atoms with Gasteiger partial charge in [-0.2, -0.15) is 0 Å². The van der Waals surface area contributed by atoms with Gasteiger partial charge in [0.15, 0.2) is 5.82 Å². The number of aryl methyl sites for hydroxylation is 2. The number of hydrogen-bond donors (Lipinski definition) is 2. The molecule has 33 heavy (non-hydrogen) atoms. The molecule has 4 rings (SSSR count). The van der Waals surface area contributed by atoms with Crippen molar-refractivity contribution < 1.29 is 14.3 Å². The van der Waals surface area contributed by atoms with Crippen LogP contribution in [0.25, 0.3) is 5.82 Å². The summed E-state index contributed by atoms with van der Waals surface area (Å²) in [6.07, 6.45) is 1.72. The summed E-state index contributed by atoms with van der Waals surface area (Å²) in [5.74, 6) is 2.34. The average molecular weight is 444 g/mol. The quantitative estimate of drug-likeness (QED) is 0.432. The SMILES string of the molecule is COc1ccc(NC(=O)Nc2ccc(Oc3ccc(-n4cnc(C)c4C)nn3)cc2)c(C)c1. The van der Waals surface area contributed by atoms with Crippen LogP contribution in [0.1, 0.15) is 17.0 Å². The third-order valence-corrected chi connectivity index (χ3v) is 5.14. The predicted octanol–water partition coefficient (Wildman–Crippen LogP) is 5.03. The van der Waals surface area contributed by atoms with Gasteiger partial charge in [-0.05, 0) is 74.9 Å². The smallest absolute Gasteiger partial charge is 0.323 e. The van der Waals surface area contributed by atoms with Crippen LogP contribution in [-0.2, 0) is 0 Å². The van der Waals surface area contributed by atoms with Gasteiger partial charge in [-0.25, -0.2) is 9.78 Å². The van der Waals surface area contributed by atoms with Gasteiger partial charge in [-0.3, -0.25) is 4.57 Å². The first kappa shape index (κ1) is 21.8. The molecular formula is C24H24N6O3. The number of nitrogens with zero attached hydrogens (tertiary/aromatic N) is 4. The normalized spacial score (nSPS) is 10.5. The maximum atomic E-state index is 12.3. The van der Waals surface area contributed by atoms with E-state index in [1.165, 1.54) is 0 Å². The van der Waals surface area contributed by atoms with Crippen LogP contribution in [-0.4, -0.2) is 32.9 Å². The molecule has 0 aliphatic carbocycles. The Morgan fingerprint density at radius 1 is 0.909 bits per heavy atom. The maximum Gasteiger partial charge on any atom is 0.323 e. The number of hydrogen-bond acceptors (Lipinski definition) is 6. The highest BCUT2D eigenvalue weighted by atomic mass is 16.5. The van der Waals surface area contributed by atoms with E-state index in [2.05, 4.69) is 25.8 Å². The Hall–Kier alpha value is -4.40. The summed E-state index contributed by atoms with van der Waals surface area (Å²) in [5, 5.41) is 14.0. The van der Waals surface area contributed by atoms with E-state index in [1.54, 1.807) is 55.9 Å². The Kier molecular flexibility index (Phi) is 6.21. The molecule has 0 bridgehead atoms. The van der Waals surface area contributed by atoms with Crippen molar-refractivity contribution in [3.8, 4) is 23.2 Å². The van der Waals surface area contributed by atoms with E-state index >= 15 is 0 Å². The fraction of sp³-hybridized carbons (Fsp3) is 0.167. The zero-order chi connectivity index (χ0) is 23.4. The third kappa shape index (κ3) is 5.09. The highest BCUT2D eigenvalue weighted by Crippen LogP contribution is 2.23. The number of anilines is 2. The molecule has 0 radical (unpaired) electrons.